The van der Waals surface area contributed by atoms with Crippen LogP contribution in [0.3, 0.4) is 0 Å². The van der Waals surface area contributed by atoms with Crippen molar-refractivity contribution < 1.29 is 19.8 Å². The predicted molar refractivity (Wildman–Crippen MR) is 54.8 cm³/mol. The molecular weight excluding hydrogens is 200 g/mol. The van der Waals surface area contributed by atoms with Crippen LogP contribution in [-0.4, -0.2) is 34.0 Å². The van der Waals surface area contributed by atoms with Crippen LogP contribution in [0, 0.1) is 5.92 Å². The molecule has 0 aliphatic rings. The summed E-state index contributed by atoms with van der Waals surface area (Å²) in [6.07, 6.45) is -0.122. The van der Waals surface area contributed by atoms with Gasteiger partial charge in [0, 0.05) is 6.42 Å². The number of carboxylic acids is 2. The Balaban J connectivity index is 4.45. The minimum atomic E-state index is -1.05. The van der Waals surface area contributed by atoms with E-state index in [0.717, 1.165) is 0 Å². The highest BCUT2D eigenvalue weighted by molar-refractivity contribution is 5.78. The summed E-state index contributed by atoms with van der Waals surface area (Å²) < 4.78 is 0. The topological polar surface area (TPSA) is 113 Å². The molecule has 0 heterocycles. The summed E-state index contributed by atoms with van der Waals surface area (Å²) in [5.74, 6) is -2.57. The number of nitrogens with zero attached hydrogens (tertiary/aromatic N) is 1. The van der Waals surface area contributed by atoms with Gasteiger partial charge < -0.3 is 15.9 Å². The molecule has 15 heavy (non-hydrogen) atoms. The average Bonchev–Trinajstić information content (AvgIpc) is 2.01. The van der Waals surface area contributed by atoms with E-state index in [9.17, 15) is 9.59 Å². The molecule has 0 bridgehead atoms. The fourth-order valence-electron chi connectivity index (χ4n) is 1.26. The normalized spacial score (nSPS) is 15.7. The molecule has 0 saturated heterocycles. The smallest absolute Gasteiger partial charge is 0.308 e. The van der Waals surface area contributed by atoms with Gasteiger partial charge in [-0.1, -0.05) is 0 Å². The summed E-state index contributed by atoms with van der Waals surface area (Å²) in [6, 6.07) is -0.508. The Morgan fingerprint density at radius 3 is 2.27 bits per heavy atom. The van der Waals surface area contributed by atoms with Crippen LogP contribution in [0.2, 0.25) is 0 Å². The first-order valence-corrected chi connectivity index (χ1v) is 4.59. The monoisotopic (exact) mass is 216 g/mol. The summed E-state index contributed by atoms with van der Waals surface area (Å²) in [6.45, 7) is 3.17. The van der Waals surface area contributed by atoms with Crippen LogP contribution >= 0.6 is 0 Å². The highest BCUT2D eigenvalue weighted by atomic mass is 16.4. The van der Waals surface area contributed by atoms with E-state index in [1.807, 2.05) is 0 Å². The third kappa shape index (κ3) is 5.66. The van der Waals surface area contributed by atoms with E-state index >= 15 is 0 Å². The molecule has 2 unspecified atom stereocenters. The number of nitrogens with two attached hydrogens (primary N) is 1. The molecule has 0 aliphatic heterocycles. The maximum Gasteiger partial charge on any atom is 0.308 e. The van der Waals surface area contributed by atoms with E-state index < -0.39 is 23.9 Å². The maximum atomic E-state index is 10.8. The first-order chi connectivity index (χ1) is 6.84. The quantitative estimate of drug-likeness (QED) is 0.437. The highest BCUT2D eigenvalue weighted by Crippen LogP contribution is 2.15. The molecule has 0 fully saturated rings. The summed E-state index contributed by atoms with van der Waals surface area (Å²) in [5, 5.41) is 17.3. The molecule has 6 nitrogen and oxygen atoms in total. The second kappa shape index (κ2) is 6.00. The van der Waals surface area contributed by atoms with E-state index in [1.165, 1.54) is 0 Å². The van der Waals surface area contributed by atoms with Crippen molar-refractivity contribution in [3.8, 4) is 0 Å². The lowest BCUT2D eigenvalue weighted by Gasteiger charge is -2.15. The zero-order chi connectivity index (χ0) is 12.0. The lowest BCUT2D eigenvalue weighted by atomic mass is 9.96. The molecule has 0 amide bonds. The maximum absolute atomic E-state index is 10.8. The fraction of sp³-hybridized carbons (Fsp3) is 0.667. The summed E-state index contributed by atoms with van der Waals surface area (Å²) in [5.41, 5.74) is 5.33. The molecule has 86 valence electrons. The van der Waals surface area contributed by atoms with Gasteiger partial charge in [0.25, 0.3) is 0 Å². The lowest BCUT2D eigenvalue weighted by molar-refractivity contribution is -0.143. The zero-order valence-corrected chi connectivity index (χ0v) is 8.80. The van der Waals surface area contributed by atoms with Crippen molar-refractivity contribution in [2.24, 2.45) is 16.6 Å². The molecule has 6 heteroatoms. The van der Waals surface area contributed by atoms with Gasteiger partial charge in [-0.25, -0.2) is 0 Å². The van der Waals surface area contributed by atoms with Crippen LogP contribution in [0.4, 0.5) is 0 Å². The van der Waals surface area contributed by atoms with E-state index in [0.29, 0.717) is 5.84 Å². The Kier molecular flexibility index (Phi) is 5.36. The fourth-order valence-corrected chi connectivity index (χ4v) is 1.26. The molecule has 0 aromatic heterocycles. The number of carboxylic acid groups (broad SMARTS) is 2. The second-order valence-electron chi connectivity index (χ2n) is 3.39. The summed E-state index contributed by atoms with van der Waals surface area (Å²) in [7, 11) is 0. The Labute approximate surface area is 87.8 Å². The Morgan fingerprint density at radius 1 is 1.40 bits per heavy atom. The summed E-state index contributed by atoms with van der Waals surface area (Å²) in [4.78, 5) is 25.0. The van der Waals surface area contributed by atoms with Gasteiger partial charge in [-0.2, -0.15) is 0 Å². The SMILES string of the molecule is CC(N)=NC(C)C(CCC(=O)O)C(=O)O. The molecule has 0 saturated carbocycles. The van der Waals surface area contributed by atoms with E-state index in [-0.39, 0.29) is 12.8 Å². The van der Waals surface area contributed by atoms with Crippen molar-refractivity contribution in [3.63, 3.8) is 0 Å². The second-order valence-corrected chi connectivity index (χ2v) is 3.39. The molecule has 0 rings (SSSR count). The molecule has 0 aromatic carbocycles. The van der Waals surface area contributed by atoms with Crippen molar-refractivity contribution in [3.05, 3.63) is 0 Å². The minimum Gasteiger partial charge on any atom is -0.481 e. The molecule has 0 spiro atoms. The molecule has 0 radical (unpaired) electrons. The van der Waals surface area contributed by atoms with Gasteiger partial charge in [-0.05, 0) is 20.3 Å². The molecule has 0 aliphatic carbocycles. The third-order valence-corrected chi connectivity index (χ3v) is 1.98. The van der Waals surface area contributed by atoms with Gasteiger partial charge >= 0.3 is 11.9 Å². The van der Waals surface area contributed by atoms with Gasteiger partial charge in [0.2, 0.25) is 0 Å². The zero-order valence-electron chi connectivity index (χ0n) is 8.80. The van der Waals surface area contributed by atoms with Gasteiger partial charge in [-0.3, -0.25) is 14.6 Å². The predicted octanol–water partition coefficient (Wildman–Crippen LogP) is 0.318. The number of aliphatic imine (C=N–C) groups is 1. The van der Waals surface area contributed by atoms with Crippen molar-refractivity contribution in [2.45, 2.75) is 32.7 Å². The standard InChI is InChI=1S/C9H16N2O4/c1-5(11-6(2)10)7(9(14)15)3-4-8(12)13/h5,7H,3-4H2,1-2H3,(H2,10,11)(H,12,13)(H,14,15). The van der Waals surface area contributed by atoms with E-state index in [1.54, 1.807) is 13.8 Å². The number of rotatable bonds is 6. The number of hydrogen-bond acceptors (Lipinski definition) is 3. The Bertz CT molecular complexity index is 271. The number of aliphatic carboxylic acids is 2. The largest absolute Gasteiger partial charge is 0.481 e. The molecular formula is C9H16N2O4. The molecule has 4 N–H and O–H groups in total. The third-order valence-electron chi connectivity index (χ3n) is 1.98. The van der Waals surface area contributed by atoms with Crippen LogP contribution in [0.1, 0.15) is 26.7 Å². The Morgan fingerprint density at radius 2 is 1.93 bits per heavy atom. The van der Waals surface area contributed by atoms with Gasteiger partial charge in [0.1, 0.15) is 0 Å². The van der Waals surface area contributed by atoms with Crippen LogP contribution < -0.4 is 5.73 Å². The highest BCUT2D eigenvalue weighted by Gasteiger charge is 2.24. The van der Waals surface area contributed by atoms with Crippen LogP contribution in [-0.2, 0) is 9.59 Å². The number of carbonyl (C=O) groups is 2. The van der Waals surface area contributed by atoms with E-state index in [2.05, 4.69) is 4.99 Å². The number of amidine groups is 1. The first kappa shape index (κ1) is 13.4. The van der Waals surface area contributed by atoms with Gasteiger partial charge in [0.15, 0.2) is 0 Å². The van der Waals surface area contributed by atoms with Crippen molar-refractivity contribution >= 4 is 17.8 Å². The van der Waals surface area contributed by atoms with Crippen molar-refractivity contribution in [1.29, 1.82) is 0 Å². The van der Waals surface area contributed by atoms with Crippen LogP contribution in [0.15, 0.2) is 4.99 Å². The minimum absolute atomic E-state index is 0.0581. The first-order valence-electron chi connectivity index (χ1n) is 4.59. The molecule has 0 aromatic rings. The lowest BCUT2D eigenvalue weighted by Crippen LogP contribution is -2.27. The van der Waals surface area contributed by atoms with Crippen LogP contribution in [0.5, 0.6) is 0 Å². The van der Waals surface area contributed by atoms with E-state index in [4.69, 9.17) is 15.9 Å². The molecule has 2 atom stereocenters. The Hall–Kier alpha value is -1.59. The van der Waals surface area contributed by atoms with Crippen molar-refractivity contribution in [2.75, 3.05) is 0 Å². The summed E-state index contributed by atoms with van der Waals surface area (Å²) >= 11 is 0. The van der Waals surface area contributed by atoms with Gasteiger partial charge in [0.05, 0.1) is 17.8 Å². The van der Waals surface area contributed by atoms with Crippen molar-refractivity contribution in [1.82, 2.24) is 0 Å². The van der Waals surface area contributed by atoms with Gasteiger partial charge in [-0.15, -0.1) is 0 Å². The number of hydrogen-bond donors (Lipinski definition) is 3. The van der Waals surface area contributed by atoms with Crippen LogP contribution in [0.25, 0.3) is 0 Å². The average molecular weight is 216 g/mol.